The van der Waals surface area contributed by atoms with Crippen molar-refractivity contribution >= 4 is 17.7 Å². The SMILES string of the molecule is C/C=C\c1cc(-c2nc(Cl)nc(-c3ccccc3)n2)ccc1CC. The van der Waals surface area contributed by atoms with Crippen LogP contribution in [0.3, 0.4) is 0 Å². The monoisotopic (exact) mass is 335 g/mol. The Kier molecular flexibility index (Phi) is 5.02. The minimum atomic E-state index is 0.200. The van der Waals surface area contributed by atoms with Gasteiger partial charge < -0.3 is 0 Å². The van der Waals surface area contributed by atoms with Gasteiger partial charge in [0.1, 0.15) is 0 Å². The van der Waals surface area contributed by atoms with Gasteiger partial charge in [-0.05, 0) is 42.1 Å². The van der Waals surface area contributed by atoms with Gasteiger partial charge in [-0.25, -0.2) is 4.98 Å². The number of hydrogen-bond acceptors (Lipinski definition) is 3. The molecule has 0 aliphatic rings. The molecule has 0 saturated carbocycles. The molecule has 0 unspecified atom stereocenters. The maximum absolute atomic E-state index is 6.13. The van der Waals surface area contributed by atoms with E-state index < -0.39 is 0 Å². The van der Waals surface area contributed by atoms with Crippen LogP contribution in [0.5, 0.6) is 0 Å². The van der Waals surface area contributed by atoms with Crippen molar-refractivity contribution in [3.05, 3.63) is 71.0 Å². The van der Waals surface area contributed by atoms with Crippen LogP contribution in [0, 0.1) is 0 Å². The summed E-state index contributed by atoms with van der Waals surface area (Å²) < 4.78 is 0. The van der Waals surface area contributed by atoms with Crippen molar-refractivity contribution in [3.63, 3.8) is 0 Å². The van der Waals surface area contributed by atoms with Gasteiger partial charge in [0.2, 0.25) is 5.28 Å². The molecule has 4 heteroatoms. The van der Waals surface area contributed by atoms with Crippen molar-refractivity contribution in [3.8, 4) is 22.8 Å². The standard InChI is InChI=1S/C20H18ClN3/c1-3-8-16-13-17(12-11-14(16)4-2)19-22-18(23-20(21)24-19)15-9-6-5-7-10-15/h3,5-13H,4H2,1-2H3/b8-3-. The van der Waals surface area contributed by atoms with Gasteiger partial charge in [-0.15, -0.1) is 0 Å². The second kappa shape index (κ2) is 7.37. The molecular weight excluding hydrogens is 318 g/mol. The molecule has 0 aliphatic carbocycles. The fourth-order valence-corrected chi connectivity index (χ4v) is 2.75. The van der Waals surface area contributed by atoms with Crippen molar-refractivity contribution in [2.24, 2.45) is 0 Å². The summed E-state index contributed by atoms with van der Waals surface area (Å²) in [5, 5.41) is 0.200. The van der Waals surface area contributed by atoms with Gasteiger partial charge in [0.15, 0.2) is 11.6 Å². The zero-order chi connectivity index (χ0) is 16.9. The number of halogens is 1. The van der Waals surface area contributed by atoms with Gasteiger partial charge in [-0.2, -0.15) is 9.97 Å². The molecule has 0 radical (unpaired) electrons. The van der Waals surface area contributed by atoms with E-state index in [0.717, 1.165) is 17.5 Å². The maximum atomic E-state index is 6.13. The molecule has 0 N–H and O–H groups in total. The van der Waals surface area contributed by atoms with E-state index in [1.54, 1.807) is 0 Å². The van der Waals surface area contributed by atoms with Gasteiger partial charge in [-0.1, -0.05) is 61.5 Å². The van der Waals surface area contributed by atoms with Crippen LogP contribution in [0.4, 0.5) is 0 Å². The highest BCUT2D eigenvalue weighted by atomic mass is 35.5. The lowest BCUT2D eigenvalue weighted by atomic mass is 10.0. The summed E-state index contributed by atoms with van der Waals surface area (Å²) in [6.45, 7) is 4.16. The summed E-state index contributed by atoms with van der Waals surface area (Å²) in [6, 6.07) is 16.0. The highest BCUT2D eigenvalue weighted by molar-refractivity contribution is 6.28. The minimum absolute atomic E-state index is 0.200. The number of hydrogen-bond donors (Lipinski definition) is 0. The second-order valence-corrected chi connectivity index (χ2v) is 5.72. The number of aromatic nitrogens is 3. The molecule has 0 atom stereocenters. The number of benzene rings is 2. The van der Waals surface area contributed by atoms with E-state index in [9.17, 15) is 0 Å². The van der Waals surface area contributed by atoms with Crippen molar-refractivity contribution in [2.75, 3.05) is 0 Å². The Morgan fingerprint density at radius 2 is 1.62 bits per heavy atom. The van der Waals surface area contributed by atoms with Crippen molar-refractivity contribution < 1.29 is 0 Å². The summed E-state index contributed by atoms with van der Waals surface area (Å²) >= 11 is 6.13. The fraction of sp³-hybridized carbons (Fsp3) is 0.150. The summed E-state index contributed by atoms with van der Waals surface area (Å²) in [5.74, 6) is 1.17. The predicted octanol–water partition coefficient (Wildman–Crippen LogP) is 5.45. The van der Waals surface area contributed by atoms with Crippen molar-refractivity contribution in [2.45, 2.75) is 20.3 Å². The lowest BCUT2D eigenvalue weighted by Crippen LogP contribution is -1.98. The average Bonchev–Trinajstić information content (AvgIpc) is 2.62. The molecule has 0 aliphatic heterocycles. The minimum Gasteiger partial charge on any atom is -0.208 e. The highest BCUT2D eigenvalue weighted by Crippen LogP contribution is 2.24. The van der Waals surface area contributed by atoms with Gasteiger partial charge in [0.05, 0.1) is 0 Å². The number of nitrogens with zero attached hydrogens (tertiary/aromatic N) is 3. The summed E-state index contributed by atoms with van der Waals surface area (Å²) in [6.07, 6.45) is 5.12. The summed E-state index contributed by atoms with van der Waals surface area (Å²) in [4.78, 5) is 13.2. The molecule has 2 aromatic carbocycles. The Hall–Kier alpha value is -2.52. The first-order valence-corrected chi connectivity index (χ1v) is 8.32. The first kappa shape index (κ1) is 16.3. The molecule has 0 saturated heterocycles. The first-order chi connectivity index (χ1) is 11.7. The molecule has 1 aromatic heterocycles. The van der Waals surface area contributed by atoms with E-state index >= 15 is 0 Å². The van der Waals surface area contributed by atoms with Crippen LogP contribution in [0.15, 0.2) is 54.6 Å². The fourth-order valence-electron chi connectivity index (χ4n) is 2.59. The molecule has 3 nitrogen and oxygen atoms in total. The van der Waals surface area contributed by atoms with Crippen LogP contribution in [0.25, 0.3) is 28.9 Å². The average molecular weight is 336 g/mol. The third-order valence-electron chi connectivity index (χ3n) is 3.77. The Balaban J connectivity index is 2.10. The molecule has 3 aromatic rings. The zero-order valence-electron chi connectivity index (χ0n) is 13.7. The third-order valence-corrected chi connectivity index (χ3v) is 3.94. The van der Waals surface area contributed by atoms with Crippen LogP contribution < -0.4 is 0 Å². The maximum Gasteiger partial charge on any atom is 0.226 e. The van der Waals surface area contributed by atoms with Crippen LogP contribution in [0.2, 0.25) is 5.28 Å². The lowest BCUT2D eigenvalue weighted by molar-refractivity contribution is 1.06. The van der Waals surface area contributed by atoms with E-state index in [2.05, 4.69) is 40.1 Å². The zero-order valence-corrected chi connectivity index (χ0v) is 14.5. The van der Waals surface area contributed by atoms with E-state index in [1.807, 2.05) is 49.4 Å². The summed E-state index contributed by atoms with van der Waals surface area (Å²) in [7, 11) is 0. The van der Waals surface area contributed by atoms with Crippen LogP contribution in [-0.4, -0.2) is 15.0 Å². The van der Waals surface area contributed by atoms with Gasteiger partial charge in [-0.3, -0.25) is 0 Å². The van der Waals surface area contributed by atoms with Crippen LogP contribution in [0.1, 0.15) is 25.0 Å². The highest BCUT2D eigenvalue weighted by Gasteiger charge is 2.10. The quantitative estimate of drug-likeness (QED) is 0.636. The van der Waals surface area contributed by atoms with Crippen LogP contribution in [-0.2, 0) is 6.42 Å². The molecule has 120 valence electrons. The Morgan fingerprint density at radius 3 is 2.29 bits per heavy atom. The summed E-state index contributed by atoms with van der Waals surface area (Å²) in [5.41, 5.74) is 4.32. The normalized spacial score (nSPS) is 11.1. The van der Waals surface area contributed by atoms with Crippen molar-refractivity contribution in [1.29, 1.82) is 0 Å². The van der Waals surface area contributed by atoms with E-state index in [4.69, 9.17) is 11.6 Å². The van der Waals surface area contributed by atoms with E-state index in [-0.39, 0.29) is 5.28 Å². The molecule has 1 heterocycles. The second-order valence-electron chi connectivity index (χ2n) is 5.38. The predicted molar refractivity (Wildman–Crippen MR) is 99.8 cm³/mol. The van der Waals surface area contributed by atoms with Gasteiger partial charge in [0, 0.05) is 11.1 Å². The molecule has 0 fully saturated rings. The Bertz CT molecular complexity index is 873. The number of aryl methyl sites for hydroxylation is 1. The van der Waals surface area contributed by atoms with Crippen LogP contribution >= 0.6 is 11.6 Å². The third kappa shape index (κ3) is 3.52. The lowest BCUT2D eigenvalue weighted by Gasteiger charge is -2.08. The number of rotatable bonds is 4. The molecule has 0 spiro atoms. The van der Waals surface area contributed by atoms with E-state index in [0.29, 0.717) is 11.6 Å². The largest absolute Gasteiger partial charge is 0.226 e. The van der Waals surface area contributed by atoms with Gasteiger partial charge >= 0.3 is 0 Å². The Morgan fingerprint density at radius 1 is 0.917 bits per heavy atom. The number of allylic oxidation sites excluding steroid dienone is 1. The van der Waals surface area contributed by atoms with E-state index in [1.165, 1.54) is 11.1 Å². The molecule has 24 heavy (non-hydrogen) atoms. The van der Waals surface area contributed by atoms with Gasteiger partial charge in [0.25, 0.3) is 0 Å². The smallest absolute Gasteiger partial charge is 0.208 e. The molecule has 0 amide bonds. The first-order valence-electron chi connectivity index (χ1n) is 7.94. The van der Waals surface area contributed by atoms with Crippen molar-refractivity contribution in [1.82, 2.24) is 15.0 Å². The topological polar surface area (TPSA) is 38.7 Å². The Labute approximate surface area is 147 Å². The molecular formula is C20H18ClN3. The molecule has 0 bridgehead atoms. The molecule has 3 rings (SSSR count).